The Morgan fingerprint density at radius 1 is 1.21 bits per heavy atom. The molecule has 6 heteroatoms. The zero-order valence-electron chi connectivity index (χ0n) is 10.7. The van der Waals surface area contributed by atoms with Crippen LogP contribution in [0.2, 0.25) is 0 Å². The lowest BCUT2D eigenvalue weighted by molar-refractivity contribution is -0.112. The molecule has 2 heterocycles. The third-order valence-electron chi connectivity index (χ3n) is 2.30. The molecular formula is C13H13N5O. The molecule has 0 aliphatic heterocycles. The lowest BCUT2D eigenvalue weighted by Gasteiger charge is -2.06. The number of pyridine rings is 1. The number of amides is 1. The highest BCUT2D eigenvalue weighted by Gasteiger charge is 2.09. The number of nitrogens with zero attached hydrogens (tertiary/aromatic N) is 4. The maximum atomic E-state index is 11.6. The molecule has 0 spiro atoms. The molecule has 0 unspecified atom stereocenters. The second-order valence-electron chi connectivity index (χ2n) is 4.00. The highest BCUT2D eigenvalue weighted by Crippen LogP contribution is 2.14. The third kappa shape index (κ3) is 3.19. The van der Waals surface area contributed by atoms with Gasteiger partial charge in [0.25, 0.3) is 5.91 Å². The number of rotatable bonds is 3. The van der Waals surface area contributed by atoms with Gasteiger partial charge in [0.2, 0.25) is 5.95 Å². The minimum Gasteiger partial charge on any atom is -0.291 e. The first-order chi connectivity index (χ1) is 9.06. The van der Waals surface area contributed by atoms with Crippen LogP contribution in [0.4, 0.5) is 5.95 Å². The van der Waals surface area contributed by atoms with Crippen LogP contribution in [-0.4, -0.2) is 25.8 Å². The highest BCUT2D eigenvalue weighted by atomic mass is 16.1. The van der Waals surface area contributed by atoms with Gasteiger partial charge in [0.1, 0.15) is 5.82 Å². The van der Waals surface area contributed by atoms with Gasteiger partial charge in [-0.1, -0.05) is 6.58 Å². The van der Waals surface area contributed by atoms with E-state index in [1.54, 1.807) is 38.4 Å². The number of aryl methyl sites for hydroxylation is 1. The first-order valence-electron chi connectivity index (χ1n) is 5.66. The summed E-state index contributed by atoms with van der Waals surface area (Å²) < 4.78 is 0. The van der Waals surface area contributed by atoms with Crippen molar-refractivity contribution in [1.29, 1.82) is 0 Å². The smallest absolute Gasteiger partial charge is 0.253 e. The SMILES string of the molecule is C=C(C)C(=O)Nc1nc(C)nc(-c2ccncc2)n1. The van der Waals surface area contributed by atoms with Crippen molar-refractivity contribution in [1.82, 2.24) is 19.9 Å². The van der Waals surface area contributed by atoms with Gasteiger partial charge in [-0.3, -0.25) is 15.1 Å². The molecule has 0 aromatic carbocycles. The van der Waals surface area contributed by atoms with Crippen LogP contribution in [0.1, 0.15) is 12.7 Å². The molecule has 19 heavy (non-hydrogen) atoms. The lowest BCUT2D eigenvalue weighted by atomic mass is 10.2. The Labute approximate surface area is 110 Å². The van der Waals surface area contributed by atoms with E-state index in [1.807, 2.05) is 0 Å². The van der Waals surface area contributed by atoms with E-state index in [2.05, 4.69) is 31.8 Å². The number of nitrogens with one attached hydrogen (secondary N) is 1. The minimum absolute atomic E-state index is 0.215. The largest absolute Gasteiger partial charge is 0.291 e. The van der Waals surface area contributed by atoms with E-state index in [4.69, 9.17) is 0 Å². The Bertz CT molecular complexity index is 624. The second kappa shape index (κ2) is 5.34. The van der Waals surface area contributed by atoms with E-state index in [-0.39, 0.29) is 11.9 Å². The van der Waals surface area contributed by atoms with Gasteiger partial charge in [0.15, 0.2) is 5.82 Å². The van der Waals surface area contributed by atoms with Crippen LogP contribution in [0.25, 0.3) is 11.4 Å². The molecule has 0 radical (unpaired) electrons. The molecule has 2 aromatic rings. The fourth-order valence-electron chi connectivity index (χ4n) is 1.38. The molecule has 0 saturated carbocycles. The number of hydrogen-bond acceptors (Lipinski definition) is 5. The average Bonchev–Trinajstić information content (AvgIpc) is 2.39. The summed E-state index contributed by atoms with van der Waals surface area (Å²) in [6, 6.07) is 3.58. The predicted molar refractivity (Wildman–Crippen MR) is 71.2 cm³/mol. The Balaban J connectivity index is 2.35. The third-order valence-corrected chi connectivity index (χ3v) is 2.30. The summed E-state index contributed by atoms with van der Waals surface area (Å²) in [6.07, 6.45) is 3.31. The summed E-state index contributed by atoms with van der Waals surface area (Å²) >= 11 is 0. The van der Waals surface area contributed by atoms with Crippen LogP contribution < -0.4 is 5.32 Å². The first-order valence-corrected chi connectivity index (χ1v) is 5.66. The molecule has 2 rings (SSSR count). The maximum Gasteiger partial charge on any atom is 0.253 e. The van der Waals surface area contributed by atoms with Crippen molar-refractivity contribution in [2.24, 2.45) is 0 Å². The monoisotopic (exact) mass is 255 g/mol. The fraction of sp³-hybridized carbons (Fsp3) is 0.154. The molecule has 0 aliphatic rings. The zero-order chi connectivity index (χ0) is 13.8. The summed E-state index contributed by atoms with van der Waals surface area (Å²) in [7, 11) is 0. The van der Waals surface area contributed by atoms with Gasteiger partial charge in [-0.05, 0) is 26.0 Å². The summed E-state index contributed by atoms with van der Waals surface area (Å²) in [5, 5.41) is 2.58. The molecule has 0 fully saturated rings. The molecule has 96 valence electrons. The summed E-state index contributed by atoms with van der Waals surface area (Å²) in [4.78, 5) is 28.0. The molecule has 1 amide bonds. The number of carbonyl (C=O) groups is 1. The van der Waals surface area contributed by atoms with Crippen LogP contribution in [0.5, 0.6) is 0 Å². The van der Waals surface area contributed by atoms with Gasteiger partial charge < -0.3 is 0 Å². The van der Waals surface area contributed by atoms with E-state index < -0.39 is 0 Å². The summed E-state index contributed by atoms with van der Waals surface area (Å²) in [5.74, 6) is 0.921. The summed E-state index contributed by atoms with van der Waals surface area (Å²) in [6.45, 7) is 6.92. The molecule has 0 atom stereocenters. The van der Waals surface area contributed by atoms with E-state index in [0.717, 1.165) is 5.56 Å². The highest BCUT2D eigenvalue weighted by molar-refractivity contribution is 6.01. The Morgan fingerprint density at radius 2 is 1.89 bits per heavy atom. The number of aromatic nitrogens is 4. The van der Waals surface area contributed by atoms with Crippen LogP contribution in [0, 0.1) is 6.92 Å². The molecule has 0 saturated heterocycles. The maximum absolute atomic E-state index is 11.6. The van der Waals surface area contributed by atoms with E-state index in [9.17, 15) is 4.79 Å². The molecule has 0 aliphatic carbocycles. The van der Waals surface area contributed by atoms with Crippen molar-refractivity contribution in [2.45, 2.75) is 13.8 Å². The van der Waals surface area contributed by atoms with Gasteiger partial charge in [0, 0.05) is 23.5 Å². The van der Waals surface area contributed by atoms with Crippen molar-refractivity contribution in [3.63, 3.8) is 0 Å². The van der Waals surface area contributed by atoms with Gasteiger partial charge in [0.05, 0.1) is 0 Å². The molecule has 1 N–H and O–H groups in total. The van der Waals surface area contributed by atoms with Crippen LogP contribution >= 0.6 is 0 Å². The standard InChI is InChI=1S/C13H13N5O/c1-8(2)12(19)18-13-16-9(3)15-11(17-13)10-4-6-14-7-5-10/h4-7H,1H2,2-3H3,(H,15,16,17,18,19). The molecular weight excluding hydrogens is 242 g/mol. The second-order valence-corrected chi connectivity index (χ2v) is 4.00. The first kappa shape index (κ1) is 12.8. The molecule has 6 nitrogen and oxygen atoms in total. The predicted octanol–water partition coefficient (Wildman–Crippen LogP) is 1.76. The van der Waals surface area contributed by atoms with Gasteiger partial charge >= 0.3 is 0 Å². The fourth-order valence-corrected chi connectivity index (χ4v) is 1.38. The topological polar surface area (TPSA) is 80.7 Å². The zero-order valence-corrected chi connectivity index (χ0v) is 10.7. The van der Waals surface area contributed by atoms with E-state index in [1.165, 1.54) is 0 Å². The molecule has 0 bridgehead atoms. The van der Waals surface area contributed by atoms with Crippen LogP contribution in [-0.2, 0) is 4.79 Å². The van der Waals surface area contributed by atoms with Crippen LogP contribution in [0.15, 0.2) is 36.7 Å². The Kier molecular flexibility index (Phi) is 3.61. The number of carbonyl (C=O) groups excluding carboxylic acids is 1. The normalized spacial score (nSPS) is 10.0. The van der Waals surface area contributed by atoms with E-state index in [0.29, 0.717) is 17.2 Å². The molecule has 2 aromatic heterocycles. The van der Waals surface area contributed by atoms with Crippen molar-refractivity contribution >= 4 is 11.9 Å². The lowest BCUT2D eigenvalue weighted by Crippen LogP contribution is -2.15. The quantitative estimate of drug-likeness (QED) is 0.845. The van der Waals surface area contributed by atoms with E-state index >= 15 is 0 Å². The Hall–Kier alpha value is -2.63. The van der Waals surface area contributed by atoms with Gasteiger partial charge in [-0.15, -0.1) is 0 Å². The minimum atomic E-state index is -0.314. The average molecular weight is 255 g/mol. The van der Waals surface area contributed by atoms with Gasteiger partial charge in [-0.25, -0.2) is 4.98 Å². The Morgan fingerprint density at radius 3 is 2.53 bits per heavy atom. The van der Waals surface area contributed by atoms with Crippen molar-refractivity contribution in [3.8, 4) is 11.4 Å². The van der Waals surface area contributed by atoms with Gasteiger partial charge in [-0.2, -0.15) is 9.97 Å². The van der Waals surface area contributed by atoms with Crippen LogP contribution in [0.3, 0.4) is 0 Å². The number of anilines is 1. The van der Waals surface area contributed by atoms with Crippen molar-refractivity contribution in [2.75, 3.05) is 5.32 Å². The summed E-state index contributed by atoms with van der Waals surface area (Å²) in [5.41, 5.74) is 1.20. The van der Waals surface area contributed by atoms with Crippen molar-refractivity contribution in [3.05, 3.63) is 42.5 Å². The van der Waals surface area contributed by atoms with Crippen molar-refractivity contribution < 1.29 is 4.79 Å². The number of hydrogen-bond donors (Lipinski definition) is 1.